The molecular formula is C14H23NO4S. The van der Waals surface area contributed by atoms with Crippen LogP contribution < -0.4 is 10.1 Å². The highest BCUT2D eigenvalue weighted by atomic mass is 32.2. The lowest BCUT2D eigenvalue weighted by Gasteiger charge is -2.16. The Morgan fingerprint density at radius 3 is 2.70 bits per heavy atom. The van der Waals surface area contributed by atoms with Crippen molar-refractivity contribution in [3.63, 3.8) is 0 Å². The second-order valence-electron chi connectivity index (χ2n) is 4.70. The molecule has 0 radical (unpaired) electrons. The fraction of sp³-hybridized carbons (Fsp3) is 0.571. The van der Waals surface area contributed by atoms with Crippen LogP contribution in [-0.2, 0) is 9.84 Å². The van der Waals surface area contributed by atoms with Crippen molar-refractivity contribution in [2.45, 2.75) is 20.0 Å². The molecule has 1 aromatic rings. The minimum atomic E-state index is -2.97. The number of hydrogen-bond acceptors (Lipinski definition) is 5. The van der Waals surface area contributed by atoms with Crippen LogP contribution in [0.4, 0.5) is 0 Å². The predicted molar refractivity (Wildman–Crippen MR) is 79.9 cm³/mol. The maximum atomic E-state index is 11.3. The van der Waals surface area contributed by atoms with Gasteiger partial charge in [-0.25, -0.2) is 8.42 Å². The molecule has 0 saturated heterocycles. The molecule has 1 rings (SSSR count). The van der Waals surface area contributed by atoms with Crippen molar-refractivity contribution in [1.29, 1.82) is 0 Å². The molecule has 0 heterocycles. The summed E-state index contributed by atoms with van der Waals surface area (Å²) in [7, 11) is -1.41. The van der Waals surface area contributed by atoms with Gasteiger partial charge >= 0.3 is 0 Å². The molecule has 0 aromatic heterocycles. The van der Waals surface area contributed by atoms with Crippen LogP contribution in [0.15, 0.2) is 18.2 Å². The van der Waals surface area contributed by atoms with Crippen molar-refractivity contribution in [3.8, 4) is 5.75 Å². The van der Waals surface area contributed by atoms with E-state index in [4.69, 9.17) is 4.74 Å². The highest BCUT2D eigenvalue weighted by molar-refractivity contribution is 7.91. The molecule has 0 spiro atoms. The maximum absolute atomic E-state index is 11.3. The number of benzene rings is 1. The number of aliphatic hydroxyl groups excluding tert-OH is 1. The fourth-order valence-electron chi connectivity index (χ4n) is 1.83. The summed E-state index contributed by atoms with van der Waals surface area (Å²) in [6.45, 7) is 4.19. The molecule has 0 saturated carbocycles. The van der Waals surface area contributed by atoms with Gasteiger partial charge < -0.3 is 15.2 Å². The lowest BCUT2D eigenvalue weighted by atomic mass is 10.1. The van der Waals surface area contributed by atoms with Gasteiger partial charge in [-0.2, -0.15) is 0 Å². The van der Waals surface area contributed by atoms with Crippen molar-refractivity contribution < 1.29 is 18.3 Å². The van der Waals surface area contributed by atoms with E-state index >= 15 is 0 Å². The van der Waals surface area contributed by atoms with E-state index in [0.717, 1.165) is 5.56 Å². The number of hydrogen-bond donors (Lipinski definition) is 2. The smallest absolute Gasteiger partial charge is 0.151 e. The van der Waals surface area contributed by atoms with Gasteiger partial charge in [-0.3, -0.25) is 0 Å². The van der Waals surface area contributed by atoms with Crippen LogP contribution in [-0.4, -0.2) is 45.2 Å². The molecule has 1 atom stereocenters. The Hall–Kier alpha value is -1.11. The summed E-state index contributed by atoms with van der Waals surface area (Å²) in [5.74, 6) is 0.857. The van der Waals surface area contributed by atoms with E-state index < -0.39 is 15.9 Å². The van der Waals surface area contributed by atoms with Crippen LogP contribution in [0.2, 0.25) is 0 Å². The standard InChI is InChI=1S/C14H23NO4S/c1-4-20(17,18)8-7-15-10-13(16)12-9-11(2)5-6-14(12)19-3/h5-6,9,13,15-16H,4,7-8,10H2,1-3H3. The third-order valence-corrected chi connectivity index (χ3v) is 4.82. The summed E-state index contributed by atoms with van der Waals surface area (Å²) in [6, 6.07) is 5.60. The first-order valence-electron chi connectivity index (χ1n) is 6.63. The third-order valence-electron chi connectivity index (χ3n) is 3.11. The Labute approximate surface area is 120 Å². The van der Waals surface area contributed by atoms with Crippen LogP contribution in [0.25, 0.3) is 0 Å². The Morgan fingerprint density at radius 1 is 1.40 bits per heavy atom. The van der Waals surface area contributed by atoms with Crippen LogP contribution in [0, 0.1) is 6.92 Å². The Balaban J connectivity index is 2.55. The molecule has 0 aliphatic heterocycles. The summed E-state index contributed by atoms with van der Waals surface area (Å²) < 4.78 is 27.9. The summed E-state index contributed by atoms with van der Waals surface area (Å²) in [6.07, 6.45) is -0.728. The van der Waals surface area contributed by atoms with Crippen molar-refractivity contribution in [3.05, 3.63) is 29.3 Å². The Kier molecular flexibility index (Phi) is 6.45. The fourth-order valence-corrected chi connectivity index (χ4v) is 2.58. The van der Waals surface area contributed by atoms with Crippen molar-refractivity contribution in [1.82, 2.24) is 5.32 Å². The normalized spacial score (nSPS) is 13.2. The highest BCUT2D eigenvalue weighted by Gasteiger charge is 2.14. The van der Waals surface area contributed by atoms with Crippen LogP contribution in [0.1, 0.15) is 24.2 Å². The summed E-state index contributed by atoms with van der Waals surface area (Å²) in [5, 5.41) is 13.1. The van der Waals surface area contributed by atoms with E-state index in [0.29, 0.717) is 24.4 Å². The first-order valence-corrected chi connectivity index (χ1v) is 8.45. The monoisotopic (exact) mass is 301 g/mol. The average Bonchev–Trinajstić information content (AvgIpc) is 2.43. The zero-order chi connectivity index (χ0) is 15.2. The minimum Gasteiger partial charge on any atom is -0.496 e. The quantitative estimate of drug-likeness (QED) is 0.702. The molecular weight excluding hydrogens is 278 g/mol. The van der Waals surface area contributed by atoms with Gasteiger partial charge in [0.1, 0.15) is 5.75 Å². The molecule has 1 unspecified atom stereocenters. The third kappa shape index (κ3) is 5.11. The molecule has 0 bridgehead atoms. The van der Waals surface area contributed by atoms with Crippen molar-refractivity contribution in [2.75, 3.05) is 31.7 Å². The molecule has 114 valence electrons. The van der Waals surface area contributed by atoms with E-state index in [9.17, 15) is 13.5 Å². The predicted octanol–water partition coefficient (Wildman–Crippen LogP) is 1.06. The zero-order valence-electron chi connectivity index (χ0n) is 12.2. The molecule has 5 nitrogen and oxygen atoms in total. The number of sulfone groups is 1. The van der Waals surface area contributed by atoms with E-state index in [-0.39, 0.29) is 11.5 Å². The van der Waals surface area contributed by atoms with Gasteiger partial charge in [-0.1, -0.05) is 18.6 Å². The second kappa shape index (κ2) is 7.61. The summed E-state index contributed by atoms with van der Waals surface area (Å²) in [5.41, 5.74) is 1.74. The number of aryl methyl sites for hydroxylation is 1. The lowest BCUT2D eigenvalue weighted by molar-refractivity contribution is 0.171. The SMILES string of the molecule is CCS(=O)(=O)CCNCC(O)c1cc(C)ccc1OC. The highest BCUT2D eigenvalue weighted by Crippen LogP contribution is 2.25. The molecule has 0 aliphatic carbocycles. The molecule has 20 heavy (non-hydrogen) atoms. The van der Waals surface area contributed by atoms with Gasteiger partial charge in [-0.15, -0.1) is 0 Å². The van der Waals surface area contributed by atoms with Gasteiger partial charge in [0.05, 0.1) is 19.0 Å². The van der Waals surface area contributed by atoms with E-state index in [2.05, 4.69) is 5.32 Å². The first-order chi connectivity index (χ1) is 9.39. The van der Waals surface area contributed by atoms with Crippen LogP contribution in [0.3, 0.4) is 0 Å². The number of methoxy groups -OCH3 is 1. The second-order valence-corrected chi connectivity index (χ2v) is 7.17. The van der Waals surface area contributed by atoms with Gasteiger partial charge in [0.25, 0.3) is 0 Å². The molecule has 2 N–H and O–H groups in total. The van der Waals surface area contributed by atoms with Gasteiger partial charge in [0.2, 0.25) is 0 Å². The number of ether oxygens (including phenoxy) is 1. The lowest BCUT2D eigenvalue weighted by Crippen LogP contribution is -2.28. The molecule has 0 aliphatic rings. The summed E-state index contributed by atoms with van der Waals surface area (Å²) >= 11 is 0. The molecule has 1 aromatic carbocycles. The van der Waals surface area contributed by atoms with Crippen LogP contribution in [0.5, 0.6) is 5.75 Å². The average molecular weight is 301 g/mol. The number of rotatable bonds is 8. The van der Waals surface area contributed by atoms with Crippen LogP contribution >= 0.6 is 0 Å². The van der Waals surface area contributed by atoms with Gasteiger partial charge in [0, 0.05) is 24.4 Å². The topological polar surface area (TPSA) is 75.6 Å². The van der Waals surface area contributed by atoms with E-state index in [1.807, 2.05) is 25.1 Å². The number of aliphatic hydroxyl groups is 1. The van der Waals surface area contributed by atoms with Crippen molar-refractivity contribution in [2.24, 2.45) is 0 Å². The zero-order valence-corrected chi connectivity index (χ0v) is 13.0. The van der Waals surface area contributed by atoms with Gasteiger partial charge in [-0.05, 0) is 19.1 Å². The Bertz CT molecular complexity index is 528. The first kappa shape index (κ1) is 16.9. The largest absolute Gasteiger partial charge is 0.496 e. The molecule has 6 heteroatoms. The maximum Gasteiger partial charge on any atom is 0.151 e. The Morgan fingerprint density at radius 2 is 2.10 bits per heavy atom. The number of nitrogens with one attached hydrogen (secondary N) is 1. The van der Waals surface area contributed by atoms with Gasteiger partial charge in [0.15, 0.2) is 9.84 Å². The van der Waals surface area contributed by atoms with E-state index in [1.54, 1.807) is 14.0 Å². The van der Waals surface area contributed by atoms with Crippen molar-refractivity contribution >= 4 is 9.84 Å². The molecule has 0 fully saturated rings. The summed E-state index contributed by atoms with van der Waals surface area (Å²) in [4.78, 5) is 0. The molecule has 0 amide bonds. The van der Waals surface area contributed by atoms with E-state index in [1.165, 1.54) is 0 Å². The minimum absolute atomic E-state index is 0.0845.